The summed E-state index contributed by atoms with van der Waals surface area (Å²) in [5.74, 6) is 2.06. The zero-order valence-corrected chi connectivity index (χ0v) is 17.3. The number of aliphatic imine (C=N–C) groups is 1. The fourth-order valence-corrected chi connectivity index (χ4v) is 4.62. The molecule has 1 aromatic heterocycles. The van der Waals surface area contributed by atoms with E-state index in [0.717, 1.165) is 51.1 Å². The summed E-state index contributed by atoms with van der Waals surface area (Å²) in [7, 11) is 1.89. The Morgan fingerprint density at radius 2 is 2.11 bits per heavy atom. The van der Waals surface area contributed by atoms with Gasteiger partial charge in [-0.05, 0) is 57.0 Å². The van der Waals surface area contributed by atoms with E-state index in [-0.39, 0.29) is 6.10 Å². The lowest BCUT2D eigenvalue weighted by atomic mass is 10.2. The Morgan fingerprint density at radius 3 is 2.89 bits per heavy atom. The fourth-order valence-electron chi connectivity index (χ4n) is 4.62. The summed E-state index contributed by atoms with van der Waals surface area (Å²) >= 11 is 0. The van der Waals surface area contributed by atoms with Gasteiger partial charge in [-0.3, -0.25) is 9.89 Å². The predicted octanol–water partition coefficient (Wildman–Crippen LogP) is 1.55. The summed E-state index contributed by atoms with van der Waals surface area (Å²) in [4.78, 5) is 16.5. The van der Waals surface area contributed by atoms with Crippen molar-refractivity contribution in [2.24, 2.45) is 4.99 Å². The Morgan fingerprint density at radius 1 is 1.25 bits per heavy atom. The van der Waals surface area contributed by atoms with Gasteiger partial charge < -0.3 is 19.9 Å². The van der Waals surface area contributed by atoms with Crippen LogP contribution in [0, 0.1) is 0 Å². The van der Waals surface area contributed by atoms with E-state index < -0.39 is 0 Å². The Bertz CT molecular complexity index is 675. The van der Waals surface area contributed by atoms with Crippen LogP contribution in [0.15, 0.2) is 23.3 Å². The first kappa shape index (κ1) is 19.5. The highest BCUT2D eigenvalue weighted by Gasteiger charge is 2.30. The number of hydrogen-bond acceptors (Lipinski definition) is 5. The van der Waals surface area contributed by atoms with E-state index in [1.54, 1.807) is 0 Å². The number of nitrogens with one attached hydrogen (secondary N) is 1. The van der Waals surface area contributed by atoms with E-state index in [4.69, 9.17) is 4.74 Å². The number of hydrogen-bond donors (Lipinski definition) is 1. The van der Waals surface area contributed by atoms with Gasteiger partial charge in [-0.1, -0.05) is 0 Å². The van der Waals surface area contributed by atoms with Gasteiger partial charge in [-0.15, -0.1) is 0 Å². The number of morpholine rings is 1. The van der Waals surface area contributed by atoms with Crippen LogP contribution in [0.3, 0.4) is 0 Å². The first-order valence-electron chi connectivity index (χ1n) is 10.7. The number of ether oxygens (including phenoxy) is 1. The molecular weight excluding hydrogens is 352 g/mol. The lowest BCUT2D eigenvalue weighted by Gasteiger charge is -2.32. The zero-order chi connectivity index (χ0) is 19.3. The molecule has 28 heavy (non-hydrogen) atoms. The van der Waals surface area contributed by atoms with Crippen molar-refractivity contribution >= 4 is 11.8 Å². The van der Waals surface area contributed by atoms with Crippen LogP contribution in [0.2, 0.25) is 0 Å². The first-order chi connectivity index (χ1) is 13.7. The van der Waals surface area contributed by atoms with Crippen molar-refractivity contribution in [1.29, 1.82) is 0 Å². The molecule has 7 heteroatoms. The Balaban J connectivity index is 1.32. The van der Waals surface area contributed by atoms with E-state index in [9.17, 15) is 0 Å². The number of aromatic nitrogens is 1. The number of rotatable bonds is 4. The number of guanidine groups is 1. The van der Waals surface area contributed by atoms with Gasteiger partial charge in [0.15, 0.2) is 5.96 Å². The minimum atomic E-state index is 0.259. The SMILES string of the molecule is CN=C(NCc1ccnc(N2CCOC(C)C2)c1)N1CCC(N2CCCC2)C1. The third-order valence-corrected chi connectivity index (χ3v) is 6.16. The van der Waals surface area contributed by atoms with Crippen molar-refractivity contribution in [1.82, 2.24) is 20.1 Å². The van der Waals surface area contributed by atoms with Crippen molar-refractivity contribution in [3.8, 4) is 0 Å². The smallest absolute Gasteiger partial charge is 0.193 e. The van der Waals surface area contributed by atoms with Gasteiger partial charge in [0.1, 0.15) is 5.82 Å². The predicted molar refractivity (Wildman–Crippen MR) is 113 cm³/mol. The van der Waals surface area contributed by atoms with Gasteiger partial charge in [0.2, 0.25) is 0 Å². The molecule has 0 radical (unpaired) electrons. The average molecular weight is 387 g/mol. The van der Waals surface area contributed by atoms with Crippen LogP contribution in [0.25, 0.3) is 0 Å². The lowest BCUT2D eigenvalue weighted by molar-refractivity contribution is 0.0529. The van der Waals surface area contributed by atoms with Crippen LogP contribution in [0.1, 0.15) is 31.7 Å². The molecular formula is C21H34N6O. The van der Waals surface area contributed by atoms with E-state index in [1.165, 1.54) is 37.9 Å². The standard InChI is InChI=1S/C21H34N6O/c1-17-15-26(11-12-28-17)20-13-18(5-7-23-20)14-24-21(22-2)27-10-6-19(16-27)25-8-3-4-9-25/h5,7,13,17,19H,3-4,6,8-12,14-16H2,1-2H3,(H,22,24). The quantitative estimate of drug-likeness (QED) is 0.626. The second-order valence-corrected chi connectivity index (χ2v) is 8.18. The molecule has 0 aliphatic carbocycles. The first-order valence-corrected chi connectivity index (χ1v) is 10.7. The van der Waals surface area contributed by atoms with Crippen LogP contribution in [0.5, 0.6) is 0 Å². The molecule has 0 amide bonds. The number of anilines is 1. The molecule has 0 aromatic carbocycles. The number of nitrogens with zero attached hydrogens (tertiary/aromatic N) is 5. The summed E-state index contributed by atoms with van der Waals surface area (Å²) in [6, 6.07) is 4.97. The maximum Gasteiger partial charge on any atom is 0.193 e. The van der Waals surface area contributed by atoms with Crippen LogP contribution >= 0.6 is 0 Å². The Labute approximate surface area is 168 Å². The van der Waals surface area contributed by atoms with Gasteiger partial charge in [-0.2, -0.15) is 0 Å². The molecule has 4 rings (SSSR count). The van der Waals surface area contributed by atoms with E-state index in [1.807, 2.05) is 13.2 Å². The molecule has 154 valence electrons. The molecule has 3 aliphatic heterocycles. The summed E-state index contributed by atoms with van der Waals surface area (Å²) in [5.41, 5.74) is 1.24. The molecule has 0 saturated carbocycles. The summed E-state index contributed by atoms with van der Waals surface area (Å²) in [5, 5.41) is 3.56. The van der Waals surface area contributed by atoms with Crippen LogP contribution in [0.4, 0.5) is 5.82 Å². The largest absolute Gasteiger partial charge is 0.375 e. The third-order valence-electron chi connectivity index (χ3n) is 6.16. The lowest BCUT2D eigenvalue weighted by Crippen LogP contribution is -2.42. The maximum atomic E-state index is 5.65. The number of pyridine rings is 1. The molecule has 3 saturated heterocycles. The van der Waals surface area contributed by atoms with Gasteiger partial charge in [0.25, 0.3) is 0 Å². The maximum absolute atomic E-state index is 5.65. The normalized spacial score (nSPS) is 26.9. The van der Waals surface area contributed by atoms with Crippen molar-refractivity contribution in [2.75, 3.05) is 57.8 Å². The van der Waals surface area contributed by atoms with E-state index >= 15 is 0 Å². The summed E-state index contributed by atoms with van der Waals surface area (Å²) in [6.45, 7) is 10.2. The minimum absolute atomic E-state index is 0.259. The monoisotopic (exact) mass is 386 g/mol. The Hall–Kier alpha value is -1.86. The minimum Gasteiger partial charge on any atom is -0.375 e. The average Bonchev–Trinajstić information content (AvgIpc) is 3.41. The second-order valence-electron chi connectivity index (χ2n) is 8.18. The molecule has 4 heterocycles. The highest BCUT2D eigenvalue weighted by atomic mass is 16.5. The van der Waals surface area contributed by atoms with Gasteiger partial charge >= 0.3 is 0 Å². The van der Waals surface area contributed by atoms with Crippen molar-refractivity contribution in [2.45, 2.75) is 44.9 Å². The third kappa shape index (κ3) is 4.58. The van der Waals surface area contributed by atoms with Gasteiger partial charge in [0.05, 0.1) is 12.7 Å². The zero-order valence-electron chi connectivity index (χ0n) is 17.3. The summed E-state index contributed by atoms with van der Waals surface area (Å²) < 4.78 is 5.65. The molecule has 3 fully saturated rings. The Kier molecular flexibility index (Phi) is 6.32. The molecule has 3 aliphatic rings. The molecule has 1 N–H and O–H groups in total. The highest BCUT2D eigenvalue weighted by molar-refractivity contribution is 5.80. The van der Waals surface area contributed by atoms with E-state index in [2.05, 4.69) is 49.0 Å². The highest BCUT2D eigenvalue weighted by Crippen LogP contribution is 2.21. The summed E-state index contributed by atoms with van der Waals surface area (Å²) in [6.07, 6.45) is 6.13. The second kappa shape index (κ2) is 9.09. The van der Waals surface area contributed by atoms with Crippen molar-refractivity contribution in [3.05, 3.63) is 23.9 Å². The van der Waals surface area contributed by atoms with Crippen LogP contribution in [-0.2, 0) is 11.3 Å². The molecule has 0 bridgehead atoms. The van der Waals surface area contributed by atoms with Crippen LogP contribution in [-0.4, -0.2) is 85.8 Å². The van der Waals surface area contributed by atoms with E-state index in [0.29, 0.717) is 6.04 Å². The molecule has 2 atom stereocenters. The number of likely N-dealkylation sites (tertiary alicyclic amines) is 2. The van der Waals surface area contributed by atoms with Gasteiger partial charge in [0, 0.05) is 52.0 Å². The molecule has 0 spiro atoms. The fraction of sp³-hybridized carbons (Fsp3) is 0.714. The molecule has 7 nitrogen and oxygen atoms in total. The molecule has 2 unspecified atom stereocenters. The van der Waals surface area contributed by atoms with Crippen molar-refractivity contribution in [3.63, 3.8) is 0 Å². The van der Waals surface area contributed by atoms with Crippen LogP contribution < -0.4 is 10.2 Å². The van der Waals surface area contributed by atoms with Gasteiger partial charge in [-0.25, -0.2) is 4.98 Å². The van der Waals surface area contributed by atoms with Crippen molar-refractivity contribution < 1.29 is 4.74 Å². The molecule has 1 aromatic rings. The topological polar surface area (TPSA) is 56.2 Å².